The first-order valence-corrected chi connectivity index (χ1v) is 6.45. The average molecular weight is 221 g/mol. The molecule has 2 atom stereocenters. The van der Waals surface area contributed by atoms with Gasteiger partial charge < -0.3 is 5.73 Å². The standard InChI is InChI=1S/C13H23N3/c1-10(2)8-11-4-3-5-12(9-11)16-13(14)6-7-15-16/h6-7,10-12H,3-5,8-9,14H2,1-2H3. The number of anilines is 1. The Balaban J connectivity index is 1.99. The summed E-state index contributed by atoms with van der Waals surface area (Å²) in [6.45, 7) is 4.62. The molecule has 0 aliphatic heterocycles. The van der Waals surface area contributed by atoms with Crippen LogP contribution in [0.3, 0.4) is 0 Å². The average Bonchev–Trinajstić information content (AvgIpc) is 2.64. The minimum atomic E-state index is 0.535. The first-order chi connectivity index (χ1) is 7.66. The van der Waals surface area contributed by atoms with Crippen LogP contribution in [0, 0.1) is 11.8 Å². The highest BCUT2D eigenvalue weighted by molar-refractivity contribution is 5.26. The van der Waals surface area contributed by atoms with Gasteiger partial charge in [-0.05, 0) is 37.2 Å². The van der Waals surface area contributed by atoms with Gasteiger partial charge in [-0.1, -0.05) is 26.7 Å². The quantitative estimate of drug-likeness (QED) is 0.851. The number of hydrogen-bond donors (Lipinski definition) is 1. The third kappa shape index (κ3) is 2.57. The molecule has 1 saturated carbocycles. The second-order valence-electron chi connectivity index (χ2n) is 5.52. The van der Waals surface area contributed by atoms with E-state index in [0.29, 0.717) is 6.04 Å². The molecule has 2 rings (SSSR count). The molecule has 1 heterocycles. The smallest absolute Gasteiger partial charge is 0.121 e. The lowest BCUT2D eigenvalue weighted by Gasteiger charge is -2.30. The second-order valence-corrected chi connectivity index (χ2v) is 5.52. The third-order valence-corrected chi connectivity index (χ3v) is 3.61. The van der Waals surface area contributed by atoms with Gasteiger partial charge in [0.1, 0.15) is 5.82 Å². The lowest BCUT2D eigenvalue weighted by Crippen LogP contribution is -2.22. The van der Waals surface area contributed by atoms with Crippen molar-refractivity contribution in [3.63, 3.8) is 0 Å². The molecule has 1 aliphatic rings. The molecule has 0 bridgehead atoms. The Morgan fingerprint density at radius 3 is 2.94 bits per heavy atom. The van der Waals surface area contributed by atoms with E-state index in [0.717, 1.165) is 17.7 Å². The van der Waals surface area contributed by atoms with Crippen LogP contribution in [0.2, 0.25) is 0 Å². The van der Waals surface area contributed by atoms with Gasteiger partial charge in [-0.15, -0.1) is 0 Å². The number of hydrogen-bond acceptors (Lipinski definition) is 2. The van der Waals surface area contributed by atoms with Crippen molar-refractivity contribution in [2.24, 2.45) is 11.8 Å². The van der Waals surface area contributed by atoms with Crippen molar-refractivity contribution in [3.8, 4) is 0 Å². The van der Waals surface area contributed by atoms with E-state index in [2.05, 4.69) is 18.9 Å². The van der Waals surface area contributed by atoms with Crippen LogP contribution in [-0.2, 0) is 0 Å². The van der Waals surface area contributed by atoms with Crippen LogP contribution < -0.4 is 5.73 Å². The van der Waals surface area contributed by atoms with E-state index in [1.165, 1.54) is 32.1 Å². The zero-order chi connectivity index (χ0) is 11.5. The predicted octanol–water partition coefficient (Wildman–Crippen LogP) is 3.24. The van der Waals surface area contributed by atoms with Crippen LogP contribution in [0.5, 0.6) is 0 Å². The fourth-order valence-corrected chi connectivity index (χ4v) is 3.00. The van der Waals surface area contributed by atoms with Gasteiger partial charge in [0.15, 0.2) is 0 Å². The van der Waals surface area contributed by atoms with Crippen molar-refractivity contribution in [2.75, 3.05) is 5.73 Å². The van der Waals surface area contributed by atoms with Crippen molar-refractivity contribution in [1.82, 2.24) is 9.78 Å². The molecule has 0 spiro atoms. The van der Waals surface area contributed by atoms with Crippen molar-refractivity contribution >= 4 is 5.82 Å². The van der Waals surface area contributed by atoms with E-state index in [-0.39, 0.29) is 0 Å². The molecule has 90 valence electrons. The molecule has 2 N–H and O–H groups in total. The molecule has 1 aromatic rings. The summed E-state index contributed by atoms with van der Waals surface area (Å²) in [7, 11) is 0. The van der Waals surface area contributed by atoms with E-state index >= 15 is 0 Å². The highest BCUT2D eigenvalue weighted by Crippen LogP contribution is 2.36. The number of nitrogens with two attached hydrogens (primary N) is 1. The monoisotopic (exact) mass is 221 g/mol. The SMILES string of the molecule is CC(C)CC1CCCC(n2nccc2N)C1. The summed E-state index contributed by atoms with van der Waals surface area (Å²) in [5, 5.41) is 4.34. The Kier molecular flexibility index (Phi) is 3.52. The zero-order valence-corrected chi connectivity index (χ0v) is 10.4. The van der Waals surface area contributed by atoms with Crippen LogP contribution >= 0.6 is 0 Å². The maximum absolute atomic E-state index is 5.92. The number of nitrogen functional groups attached to an aromatic ring is 1. The molecule has 3 nitrogen and oxygen atoms in total. The first-order valence-electron chi connectivity index (χ1n) is 6.45. The minimum absolute atomic E-state index is 0.535. The maximum Gasteiger partial charge on any atom is 0.121 e. The normalized spacial score (nSPS) is 26.2. The fourth-order valence-electron chi connectivity index (χ4n) is 3.00. The van der Waals surface area contributed by atoms with Crippen LogP contribution in [0.4, 0.5) is 5.82 Å². The van der Waals surface area contributed by atoms with Crippen LogP contribution in [-0.4, -0.2) is 9.78 Å². The van der Waals surface area contributed by atoms with Gasteiger partial charge in [-0.2, -0.15) is 5.10 Å². The Labute approximate surface area is 98.0 Å². The van der Waals surface area contributed by atoms with E-state index in [9.17, 15) is 0 Å². The van der Waals surface area contributed by atoms with Gasteiger partial charge in [0.2, 0.25) is 0 Å². The third-order valence-electron chi connectivity index (χ3n) is 3.61. The van der Waals surface area contributed by atoms with Crippen molar-refractivity contribution < 1.29 is 0 Å². The van der Waals surface area contributed by atoms with Gasteiger partial charge in [-0.25, -0.2) is 4.68 Å². The van der Waals surface area contributed by atoms with Gasteiger partial charge in [-0.3, -0.25) is 0 Å². The summed E-state index contributed by atoms with van der Waals surface area (Å²) in [5.74, 6) is 2.48. The Bertz CT molecular complexity index is 330. The van der Waals surface area contributed by atoms with E-state index in [1.807, 2.05) is 10.7 Å². The van der Waals surface area contributed by atoms with E-state index in [1.54, 1.807) is 6.20 Å². The Morgan fingerprint density at radius 1 is 1.50 bits per heavy atom. The van der Waals surface area contributed by atoms with Crippen LogP contribution in [0.25, 0.3) is 0 Å². The molecule has 0 radical (unpaired) electrons. The summed E-state index contributed by atoms with van der Waals surface area (Å²) < 4.78 is 2.02. The van der Waals surface area contributed by atoms with Gasteiger partial charge in [0.25, 0.3) is 0 Å². The summed E-state index contributed by atoms with van der Waals surface area (Å²) >= 11 is 0. The van der Waals surface area contributed by atoms with Crippen LogP contribution in [0.15, 0.2) is 12.3 Å². The summed E-state index contributed by atoms with van der Waals surface area (Å²) in [6, 6.07) is 2.43. The lowest BCUT2D eigenvalue weighted by molar-refractivity contribution is 0.228. The van der Waals surface area contributed by atoms with Crippen LogP contribution in [0.1, 0.15) is 52.0 Å². The molecule has 2 unspecified atom stereocenters. The minimum Gasteiger partial charge on any atom is -0.384 e. The molecule has 16 heavy (non-hydrogen) atoms. The summed E-state index contributed by atoms with van der Waals surface area (Å²) in [5.41, 5.74) is 5.92. The van der Waals surface area contributed by atoms with E-state index < -0.39 is 0 Å². The second kappa shape index (κ2) is 4.89. The Morgan fingerprint density at radius 2 is 2.31 bits per heavy atom. The summed E-state index contributed by atoms with van der Waals surface area (Å²) in [6.07, 6.45) is 8.35. The van der Waals surface area contributed by atoms with E-state index in [4.69, 9.17) is 5.73 Å². The molecule has 1 fully saturated rings. The highest BCUT2D eigenvalue weighted by atomic mass is 15.3. The molecular formula is C13H23N3. The lowest BCUT2D eigenvalue weighted by atomic mass is 9.81. The highest BCUT2D eigenvalue weighted by Gasteiger charge is 2.24. The number of rotatable bonds is 3. The van der Waals surface area contributed by atoms with Gasteiger partial charge >= 0.3 is 0 Å². The molecule has 1 aliphatic carbocycles. The van der Waals surface area contributed by atoms with Gasteiger partial charge in [0, 0.05) is 0 Å². The maximum atomic E-state index is 5.92. The zero-order valence-electron chi connectivity index (χ0n) is 10.4. The van der Waals surface area contributed by atoms with Crippen molar-refractivity contribution in [3.05, 3.63) is 12.3 Å². The molecule has 0 aromatic carbocycles. The molecule has 3 heteroatoms. The van der Waals surface area contributed by atoms with Crippen molar-refractivity contribution in [1.29, 1.82) is 0 Å². The van der Waals surface area contributed by atoms with Gasteiger partial charge in [0.05, 0.1) is 12.2 Å². The molecule has 0 saturated heterocycles. The molecule has 0 amide bonds. The summed E-state index contributed by atoms with van der Waals surface area (Å²) in [4.78, 5) is 0. The number of nitrogens with zero attached hydrogens (tertiary/aromatic N) is 2. The predicted molar refractivity (Wildman–Crippen MR) is 67.1 cm³/mol. The first kappa shape index (κ1) is 11.5. The molecular weight excluding hydrogens is 198 g/mol. The largest absolute Gasteiger partial charge is 0.384 e. The molecule has 1 aromatic heterocycles. The topological polar surface area (TPSA) is 43.8 Å². The fraction of sp³-hybridized carbons (Fsp3) is 0.769. The Hall–Kier alpha value is -0.990. The number of aromatic nitrogens is 2. The van der Waals surface area contributed by atoms with Crippen molar-refractivity contribution in [2.45, 2.75) is 52.0 Å².